The summed E-state index contributed by atoms with van der Waals surface area (Å²) >= 11 is 0. The fourth-order valence-electron chi connectivity index (χ4n) is 2.88. The summed E-state index contributed by atoms with van der Waals surface area (Å²) in [6, 6.07) is 0. The smallest absolute Gasteiger partial charge is 0.0497 e. The maximum absolute atomic E-state index is 5.78. The highest BCUT2D eigenvalue weighted by Crippen LogP contribution is 2.33. The minimum absolute atomic E-state index is 0.787. The van der Waals surface area contributed by atoms with Crippen LogP contribution in [0.4, 0.5) is 0 Å². The molecule has 17 heavy (non-hydrogen) atoms. The molecule has 3 atom stereocenters. The summed E-state index contributed by atoms with van der Waals surface area (Å²) in [5.41, 5.74) is 0. The van der Waals surface area contributed by atoms with Gasteiger partial charge in [0.25, 0.3) is 0 Å². The number of nitrogens with one attached hydrogen (secondary N) is 1. The predicted molar refractivity (Wildman–Crippen MR) is 74.3 cm³/mol. The third kappa shape index (κ3) is 5.87. The van der Waals surface area contributed by atoms with Crippen LogP contribution < -0.4 is 5.32 Å². The Hall–Kier alpha value is -0.0800. The Bertz CT molecular complexity index is 184. The van der Waals surface area contributed by atoms with Crippen molar-refractivity contribution in [3.63, 3.8) is 0 Å². The normalized spacial score (nSPS) is 29.5. The van der Waals surface area contributed by atoms with Gasteiger partial charge in [-0.15, -0.1) is 0 Å². The van der Waals surface area contributed by atoms with Crippen LogP contribution in [0.3, 0.4) is 0 Å². The number of hydrogen-bond donors (Lipinski definition) is 1. The third-order valence-electron chi connectivity index (χ3n) is 3.92. The fraction of sp³-hybridized carbons (Fsp3) is 1.00. The van der Waals surface area contributed by atoms with E-state index in [0.717, 1.165) is 43.9 Å². The van der Waals surface area contributed by atoms with Crippen LogP contribution >= 0.6 is 0 Å². The first-order valence-electron chi connectivity index (χ1n) is 7.56. The van der Waals surface area contributed by atoms with Crippen molar-refractivity contribution < 1.29 is 4.74 Å². The van der Waals surface area contributed by atoms with Crippen molar-refractivity contribution in [1.82, 2.24) is 5.32 Å². The summed E-state index contributed by atoms with van der Waals surface area (Å²) < 4.78 is 5.78. The van der Waals surface area contributed by atoms with Crippen LogP contribution in [-0.4, -0.2) is 26.3 Å². The van der Waals surface area contributed by atoms with Gasteiger partial charge in [0.1, 0.15) is 0 Å². The topological polar surface area (TPSA) is 21.3 Å². The Balaban J connectivity index is 2.29. The summed E-state index contributed by atoms with van der Waals surface area (Å²) in [6.07, 6.45) is 6.53. The average Bonchev–Trinajstić information content (AvgIpc) is 2.32. The van der Waals surface area contributed by atoms with Crippen LogP contribution in [0, 0.1) is 17.8 Å². The number of rotatable bonds is 8. The molecule has 0 radical (unpaired) electrons. The van der Waals surface area contributed by atoms with Gasteiger partial charge in [0, 0.05) is 13.2 Å². The zero-order chi connectivity index (χ0) is 12.5. The maximum Gasteiger partial charge on any atom is 0.0497 e. The van der Waals surface area contributed by atoms with Gasteiger partial charge in [0.15, 0.2) is 0 Å². The lowest BCUT2D eigenvalue weighted by Crippen LogP contribution is -2.35. The standard InChI is InChI=1S/C15H31NO/c1-4-8-16-11-14-7-6-13(3)10-15(14)12-17-9-5-2/h13-16H,4-12H2,1-3H3. The predicted octanol–water partition coefficient (Wildman–Crippen LogP) is 3.47. The molecular formula is C15H31NO. The van der Waals surface area contributed by atoms with E-state index in [-0.39, 0.29) is 0 Å². The molecule has 0 aliphatic heterocycles. The largest absolute Gasteiger partial charge is 0.381 e. The van der Waals surface area contributed by atoms with Crippen LogP contribution in [0.15, 0.2) is 0 Å². The number of ether oxygens (including phenoxy) is 1. The van der Waals surface area contributed by atoms with Gasteiger partial charge in [-0.1, -0.05) is 27.2 Å². The summed E-state index contributed by atoms with van der Waals surface area (Å²) in [4.78, 5) is 0. The summed E-state index contributed by atoms with van der Waals surface area (Å²) in [6.45, 7) is 11.1. The van der Waals surface area contributed by atoms with E-state index in [1.807, 2.05) is 0 Å². The third-order valence-corrected chi connectivity index (χ3v) is 3.92. The van der Waals surface area contributed by atoms with Gasteiger partial charge < -0.3 is 10.1 Å². The molecule has 0 aromatic carbocycles. The molecule has 2 heteroatoms. The highest BCUT2D eigenvalue weighted by atomic mass is 16.5. The Morgan fingerprint density at radius 2 is 1.94 bits per heavy atom. The van der Waals surface area contributed by atoms with E-state index in [1.165, 1.54) is 32.2 Å². The highest BCUT2D eigenvalue weighted by molar-refractivity contribution is 4.80. The molecule has 1 saturated carbocycles. The minimum atomic E-state index is 0.787. The molecule has 1 N–H and O–H groups in total. The second kappa shape index (κ2) is 8.93. The van der Waals surface area contributed by atoms with Crippen molar-refractivity contribution >= 4 is 0 Å². The minimum Gasteiger partial charge on any atom is -0.381 e. The van der Waals surface area contributed by atoms with Crippen molar-refractivity contribution in [2.24, 2.45) is 17.8 Å². The zero-order valence-electron chi connectivity index (χ0n) is 12.0. The van der Waals surface area contributed by atoms with Gasteiger partial charge in [-0.25, -0.2) is 0 Å². The van der Waals surface area contributed by atoms with E-state index in [1.54, 1.807) is 0 Å². The molecule has 1 rings (SSSR count). The maximum atomic E-state index is 5.78. The van der Waals surface area contributed by atoms with Crippen LogP contribution in [-0.2, 0) is 4.74 Å². The molecule has 1 aliphatic rings. The number of hydrogen-bond acceptors (Lipinski definition) is 2. The van der Waals surface area contributed by atoms with Crippen LogP contribution in [0.2, 0.25) is 0 Å². The molecule has 0 bridgehead atoms. The van der Waals surface area contributed by atoms with Crippen molar-refractivity contribution in [2.75, 3.05) is 26.3 Å². The average molecular weight is 241 g/mol. The van der Waals surface area contributed by atoms with E-state index in [0.29, 0.717) is 0 Å². The van der Waals surface area contributed by atoms with Crippen molar-refractivity contribution in [1.29, 1.82) is 0 Å². The first kappa shape index (κ1) is 15.0. The lowest BCUT2D eigenvalue weighted by molar-refractivity contribution is 0.0475. The SMILES string of the molecule is CCCNCC1CCC(C)CC1COCCC. The Morgan fingerprint density at radius 3 is 2.65 bits per heavy atom. The molecule has 1 fully saturated rings. The van der Waals surface area contributed by atoms with Crippen molar-refractivity contribution in [3.8, 4) is 0 Å². The Labute approximate surface area is 108 Å². The Morgan fingerprint density at radius 1 is 1.12 bits per heavy atom. The summed E-state index contributed by atoms with van der Waals surface area (Å²) in [7, 11) is 0. The van der Waals surface area contributed by atoms with Crippen LogP contribution in [0.5, 0.6) is 0 Å². The van der Waals surface area contributed by atoms with E-state index >= 15 is 0 Å². The molecule has 0 heterocycles. The molecule has 102 valence electrons. The van der Waals surface area contributed by atoms with Gasteiger partial charge in [-0.3, -0.25) is 0 Å². The van der Waals surface area contributed by atoms with Crippen LogP contribution in [0.25, 0.3) is 0 Å². The van der Waals surface area contributed by atoms with Crippen molar-refractivity contribution in [3.05, 3.63) is 0 Å². The van der Waals surface area contributed by atoms with Gasteiger partial charge in [-0.2, -0.15) is 0 Å². The molecule has 3 unspecified atom stereocenters. The first-order valence-corrected chi connectivity index (χ1v) is 7.56. The van der Waals surface area contributed by atoms with Gasteiger partial charge >= 0.3 is 0 Å². The van der Waals surface area contributed by atoms with Gasteiger partial charge in [0.2, 0.25) is 0 Å². The summed E-state index contributed by atoms with van der Waals surface area (Å²) in [5, 5.41) is 3.58. The lowest BCUT2D eigenvalue weighted by atomic mass is 9.75. The van der Waals surface area contributed by atoms with E-state index in [9.17, 15) is 0 Å². The molecule has 0 spiro atoms. The van der Waals surface area contributed by atoms with E-state index in [2.05, 4.69) is 26.1 Å². The molecule has 0 aromatic rings. The Kier molecular flexibility index (Phi) is 7.87. The van der Waals surface area contributed by atoms with E-state index < -0.39 is 0 Å². The highest BCUT2D eigenvalue weighted by Gasteiger charge is 2.28. The quantitative estimate of drug-likeness (QED) is 0.657. The van der Waals surface area contributed by atoms with Crippen molar-refractivity contribution in [2.45, 2.75) is 52.9 Å². The lowest BCUT2D eigenvalue weighted by Gasteiger charge is -2.35. The first-order chi connectivity index (χ1) is 8.27. The second-order valence-corrected chi connectivity index (χ2v) is 5.72. The van der Waals surface area contributed by atoms with Gasteiger partial charge in [0.05, 0.1) is 0 Å². The summed E-state index contributed by atoms with van der Waals surface area (Å²) in [5.74, 6) is 2.52. The fourth-order valence-corrected chi connectivity index (χ4v) is 2.88. The van der Waals surface area contributed by atoms with Gasteiger partial charge in [-0.05, 0) is 56.5 Å². The van der Waals surface area contributed by atoms with Crippen LogP contribution in [0.1, 0.15) is 52.9 Å². The molecular weight excluding hydrogens is 210 g/mol. The molecule has 2 nitrogen and oxygen atoms in total. The monoisotopic (exact) mass is 241 g/mol. The molecule has 0 aromatic heterocycles. The second-order valence-electron chi connectivity index (χ2n) is 5.72. The zero-order valence-corrected chi connectivity index (χ0v) is 12.0. The molecule has 0 amide bonds. The van der Waals surface area contributed by atoms with E-state index in [4.69, 9.17) is 4.74 Å². The molecule has 0 saturated heterocycles. The molecule has 1 aliphatic carbocycles.